The lowest BCUT2D eigenvalue weighted by molar-refractivity contribution is -0.121. The molecule has 0 atom stereocenters. The van der Waals surface area contributed by atoms with Gasteiger partial charge >= 0.3 is 5.69 Å². The molecule has 0 spiro atoms. The Labute approximate surface area is 173 Å². The Morgan fingerprint density at radius 1 is 1.03 bits per heavy atom. The molecule has 1 amide bonds. The minimum Gasteiger partial charge on any atom is -0.352 e. The predicted octanol–water partition coefficient (Wildman–Crippen LogP) is 2.17. The first-order valence-electron chi connectivity index (χ1n) is 10.0. The van der Waals surface area contributed by atoms with Gasteiger partial charge in [-0.05, 0) is 30.2 Å². The van der Waals surface area contributed by atoms with Crippen LogP contribution in [0.15, 0.2) is 66.0 Å². The number of amides is 1. The zero-order valence-corrected chi connectivity index (χ0v) is 16.9. The molecule has 0 radical (unpaired) electrons. The topological polar surface area (TPSA) is 86.7 Å². The van der Waals surface area contributed by atoms with Crippen molar-refractivity contribution in [3.05, 3.63) is 82.8 Å². The summed E-state index contributed by atoms with van der Waals surface area (Å²) in [7, 11) is 0. The van der Waals surface area contributed by atoms with Crippen molar-refractivity contribution in [3.8, 4) is 0 Å². The van der Waals surface area contributed by atoms with Gasteiger partial charge in [0.15, 0.2) is 0 Å². The van der Waals surface area contributed by atoms with Crippen LogP contribution in [0.1, 0.15) is 24.5 Å². The molecule has 0 bridgehead atoms. The third-order valence-corrected chi connectivity index (χ3v) is 5.10. The van der Waals surface area contributed by atoms with Crippen molar-refractivity contribution in [2.45, 2.75) is 39.5 Å². The zero-order valence-electron chi connectivity index (χ0n) is 16.9. The Morgan fingerprint density at radius 3 is 2.53 bits per heavy atom. The predicted molar refractivity (Wildman–Crippen MR) is 114 cm³/mol. The molecule has 4 aromatic rings. The van der Waals surface area contributed by atoms with Crippen LogP contribution in [-0.2, 0) is 31.0 Å². The lowest BCUT2D eigenvalue weighted by Crippen LogP contribution is -2.28. The number of nitrogens with one attached hydrogen (secondary N) is 1. The van der Waals surface area contributed by atoms with Gasteiger partial charge in [-0.15, -0.1) is 0 Å². The van der Waals surface area contributed by atoms with E-state index in [2.05, 4.69) is 15.4 Å². The van der Waals surface area contributed by atoms with Crippen molar-refractivity contribution >= 4 is 16.9 Å². The number of hydrogen-bond acceptors (Lipinski definition) is 4. The number of aromatic nitrogens is 5. The van der Waals surface area contributed by atoms with Gasteiger partial charge in [0.1, 0.15) is 12.7 Å². The van der Waals surface area contributed by atoms with E-state index in [1.54, 1.807) is 20.1 Å². The third-order valence-electron chi connectivity index (χ3n) is 5.10. The first-order chi connectivity index (χ1) is 14.7. The van der Waals surface area contributed by atoms with Crippen molar-refractivity contribution in [1.29, 1.82) is 0 Å². The van der Waals surface area contributed by atoms with E-state index in [0.717, 1.165) is 22.2 Å². The monoisotopic (exact) mass is 404 g/mol. The average Bonchev–Trinajstić information content (AvgIpc) is 3.36. The van der Waals surface area contributed by atoms with Gasteiger partial charge in [-0.3, -0.25) is 13.9 Å². The van der Waals surface area contributed by atoms with Crippen molar-refractivity contribution in [3.63, 3.8) is 0 Å². The van der Waals surface area contributed by atoms with E-state index in [9.17, 15) is 9.59 Å². The minimum atomic E-state index is -0.0862. The summed E-state index contributed by atoms with van der Waals surface area (Å²) in [6, 6.07) is 15.7. The molecule has 0 aliphatic heterocycles. The van der Waals surface area contributed by atoms with Crippen LogP contribution in [-0.4, -0.2) is 29.8 Å². The van der Waals surface area contributed by atoms with Gasteiger partial charge < -0.3 is 5.32 Å². The molecule has 4 rings (SSSR count). The maximum atomic E-state index is 12.7. The van der Waals surface area contributed by atoms with Crippen molar-refractivity contribution < 1.29 is 4.79 Å². The smallest absolute Gasteiger partial charge is 0.329 e. The molecule has 8 heteroatoms. The fourth-order valence-electron chi connectivity index (χ4n) is 3.64. The Bertz CT molecular complexity index is 1210. The number of benzene rings is 2. The van der Waals surface area contributed by atoms with E-state index in [-0.39, 0.29) is 18.0 Å². The standard InChI is InChI=1S/C22H24N6O2/c1-2-27-19-8-3-4-9-20(19)28(22(27)30)11-10-21(29)24-13-17-6-5-7-18(12-17)14-26-16-23-15-25-26/h3-9,12,15-16H,2,10-11,13-14H2,1H3,(H,24,29). The van der Waals surface area contributed by atoms with Crippen molar-refractivity contribution in [1.82, 2.24) is 29.2 Å². The van der Waals surface area contributed by atoms with Gasteiger partial charge in [0.25, 0.3) is 0 Å². The fraction of sp³-hybridized carbons (Fsp3) is 0.273. The molecule has 154 valence electrons. The average molecular weight is 404 g/mol. The molecule has 0 aliphatic rings. The molecular formula is C22H24N6O2. The second kappa shape index (κ2) is 8.77. The normalized spacial score (nSPS) is 11.1. The highest BCUT2D eigenvalue weighted by molar-refractivity contribution is 5.78. The van der Waals surface area contributed by atoms with Crippen molar-refractivity contribution in [2.24, 2.45) is 0 Å². The van der Waals surface area contributed by atoms with Crippen LogP contribution in [0.4, 0.5) is 0 Å². The summed E-state index contributed by atoms with van der Waals surface area (Å²) < 4.78 is 5.16. The van der Waals surface area contributed by atoms with E-state index in [4.69, 9.17) is 0 Å². The first-order valence-corrected chi connectivity index (χ1v) is 10.0. The molecular weight excluding hydrogens is 380 g/mol. The number of fused-ring (bicyclic) bond motifs is 1. The van der Waals surface area contributed by atoms with Crippen LogP contribution in [0.2, 0.25) is 0 Å². The number of para-hydroxylation sites is 2. The number of nitrogens with zero attached hydrogens (tertiary/aromatic N) is 5. The number of imidazole rings is 1. The lowest BCUT2D eigenvalue weighted by Gasteiger charge is -2.08. The van der Waals surface area contributed by atoms with Gasteiger partial charge in [-0.2, -0.15) is 5.10 Å². The summed E-state index contributed by atoms with van der Waals surface area (Å²) in [5, 5.41) is 7.06. The van der Waals surface area contributed by atoms with Crippen LogP contribution in [0.5, 0.6) is 0 Å². The summed E-state index contributed by atoms with van der Waals surface area (Å²) in [5.41, 5.74) is 3.78. The molecule has 2 aromatic heterocycles. The number of hydrogen-bond donors (Lipinski definition) is 1. The molecule has 2 aromatic carbocycles. The van der Waals surface area contributed by atoms with Crippen LogP contribution in [0, 0.1) is 0 Å². The number of carbonyl (C=O) groups excluding carboxylic acids is 1. The first kappa shape index (κ1) is 19.6. The Kier molecular flexibility index (Phi) is 5.74. The molecule has 0 aliphatic carbocycles. The highest BCUT2D eigenvalue weighted by atomic mass is 16.2. The Balaban J connectivity index is 1.37. The molecule has 0 fully saturated rings. The minimum absolute atomic E-state index is 0.0766. The largest absolute Gasteiger partial charge is 0.352 e. The van der Waals surface area contributed by atoms with Crippen LogP contribution in [0.3, 0.4) is 0 Å². The molecule has 1 N–H and O–H groups in total. The molecule has 30 heavy (non-hydrogen) atoms. The summed E-state index contributed by atoms with van der Waals surface area (Å²) in [5.74, 6) is -0.0862. The number of carbonyl (C=O) groups is 1. The second-order valence-corrected chi connectivity index (χ2v) is 7.11. The molecule has 0 saturated heterocycles. The van der Waals surface area contributed by atoms with Gasteiger partial charge in [-0.1, -0.05) is 36.4 Å². The Morgan fingerprint density at radius 2 is 1.80 bits per heavy atom. The van der Waals surface area contributed by atoms with Crippen molar-refractivity contribution in [2.75, 3.05) is 0 Å². The van der Waals surface area contributed by atoms with Crippen LogP contribution < -0.4 is 11.0 Å². The van der Waals surface area contributed by atoms with Gasteiger partial charge in [0, 0.05) is 26.1 Å². The molecule has 0 saturated carbocycles. The maximum Gasteiger partial charge on any atom is 0.329 e. The van der Waals surface area contributed by atoms with E-state index >= 15 is 0 Å². The van der Waals surface area contributed by atoms with Gasteiger partial charge in [0.05, 0.1) is 17.6 Å². The highest BCUT2D eigenvalue weighted by Gasteiger charge is 2.12. The summed E-state index contributed by atoms with van der Waals surface area (Å²) in [6.07, 6.45) is 3.43. The lowest BCUT2D eigenvalue weighted by atomic mass is 10.1. The quantitative estimate of drug-likeness (QED) is 0.488. The fourth-order valence-corrected chi connectivity index (χ4v) is 3.64. The van der Waals surface area contributed by atoms with Crippen LogP contribution in [0.25, 0.3) is 11.0 Å². The van der Waals surface area contributed by atoms with Gasteiger partial charge in [0.2, 0.25) is 5.91 Å². The van der Waals surface area contributed by atoms with E-state index in [1.807, 2.05) is 55.5 Å². The maximum absolute atomic E-state index is 12.7. The Hall–Kier alpha value is -3.68. The highest BCUT2D eigenvalue weighted by Crippen LogP contribution is 2.13. The number of rotatable bonds is 8. The molecule has 8 nitrogen and oxygen atoms in total. The zero-order chi connectivity index (χ0) is 20.9. The van der Waals surface area contributed by atoms with E-state index in [0.29, 0.717) is 26.2 Å². The second-order valence-electron chi connectivity index (χ2n) is 7.11. The summed E-state index contributed by atoms with van der Waals surface area (Å²) >= 11 is 0. The third kappa shape index (κ3) is 4.17. The molecule has 2 heterocycles. The molecule has 0 unspecified atom stereocenters. The number of aryl methyl sites for hydroxylation is 2. The van der Waals surface area contributed by atoms with E-state index in [1.165, 1.54) is 6.33 Å². The van der Waals surface area contributed by atoms with Crippen LogP contribution >= 0.6 is 0 Å². The van der Waals surface area contributed by atoms with E-state index < -0.39 is 0 Å². The SMILES string of the molecule is CCn1c(=O)n(CCC(=O)NCc2cccc(Cn3cncn3)c2)c2ccccc21. The summed E-state index contributed by atoms with van der Waals surface area (Å²) in [6.45, 7) is 3.97. The summed E-state index contributed by atoms with van der Waals surface area (Å²) in [4.78, 5) is 29.0. The van der Waals surface area contributed by atoms with Gasteiger partial charge in [-0.25, -0.2) is 14.5 Å².